The minimum Gasteiger partial charge on any atom is -0.383 e. The number of ether oxygens (including phenoxy) is 1. The Labute approximate surface area is 98.0 Å². The number of hydrogen-bond acceptors (Lipinski definition) is 4. The van der Waals surface area contributed by atoms with Crippen LogP contribution in [0, 0.1) is 5.92 Å². The van der Waals surface area contributed by atoms with Crippen LogP contribution in [0.5, 0.6) is 0 Å². The standard InChI is InChI=1S/C10H22N2O3S/c1-15-8-10(9-4-5-9)11-6-3-7-12-16(2,13)14/h9-12H,3-8H2,1-2H3. The van der Waals surface area contributed by atoms with Crippen molar-refractivity contribution in [2.24, 2.45) is 5.92 Å². The van der Waals surface area contributed by atoms with Gasteiger partial charge in [0.05, 0.1) is 12.9 Å². The molecule has 1 unspecified atom stereocenters. The molecule has 2 N–H and O–H groups in total. The molecule has 1 aliphatic carbocycles. The van der Waals surface area contributed by atoms with Gasteiger partial charge < -0.3 is 10.1 Å². The summed E-state index contributed by atoms with van der Waals surface area (Å²) in [6.45, 7) is 2.06. The fourth-order valence-corrected chi connectivity index (χ4v) is 2.19. The molecule has 96 valence electrons. The maximum absolute atomic E-state index is 10.8. The predicted octanol–water partition coefficient (Wildman–Crippen LogP) is -0.0597. The van der Waals surface area contributed by atoms with E-state index in [1.54, 1.807) is 7.11 Å². The smallest absolute Gasteiger partial charge is 0.208 e. The second-order valence-electron chi connectivity index (χ2n) is 4.37. The van der Waals surface area contributed by atoms with Crippen LogP contribution in [-0.2, 0) is 14.8 Å². The molecule has 1 rings (SSSR count). The van der Waals surface area contributed by atoms with Gasteiger partial charge in [0.1, 0.15) is 0 Å². The maximum Gasteiger partial charge on any atom is 0.208 e. The average molecular weight is 250 g/mol. The number of methoxy groups -OCH3 is 1. The van der Waals surface area contributed by atoms with Gasteiger partial charge in [-0.05, 0) is 31.7 Å². The number of nitrogens with one attached hydrogen (secondary N) is 2. The first kappa shape index (κ1) is 13.9. The van der Waals surface area contributed by atoms with E-state index in [-0.39, 0.29) is 0 Å². The van der Waals surface area contributed by atoms with E-state index in [0.717, 1.165) is 25.5 Å². The van der Waals surface area contributed by atoms with Gasteiger partial charge in [0.2, 0.25) is 10.0 Å². The molecule has 0 bridgehead atoms. The van der Waals surface area contributed by atoms with E-state index in [9.17, 15) is 8.42 Å². The average Bonchev–Trinajstić information content (AvgIpc) is 2.97. The summed E-state index contributed by atoms with van der Waals surface area (Å²) in [5.41, 5.74) is 0. The molecule has 0 aromatic rings. The Balaban J connectivity index is 2.04. The molecule has 0 aliphatic heterocycles. The van der Waals surface area contributed by atoms with Gasteiger partial charge >= 0.3 is 0 Å². The van der Waals surface area contributed by atoms with Crippen molar-refractivity contribution in [2.45, 2.75) is 25.3 Å². The monoisotopic (exact) mass is 250 g/mol. The molecule has 6 heteroatoms. The molecule has 1 atom stereocenters. The van der Waals surface area contributed by atoms with Gasteiger partial charge in [0.15, 0.2) is 0 Å². The molecule has 1 fully saturated rings. The van der Waals surface area contributed by atoms with Gasteiger partial charge in [-0.25, -0.2) is 13.1 Å². The molecule has 5 nitrogen and oxygen atoms in total. The molecular formula is C10H22N2O3S. The largest absolute Gasteiger partial charge is 0.383 e. The zero-order valence-corrected chi connectivity index (χ0v) is 10.8. The van der Waals surface area contributed by atoms with Gasteiger partial charge in [-0.1, -0.05) is 0 Å². The Kier molecular flexibility index (Phi) is 5.68. The quantitative estimate of drug-likeness (QED) is 0.563. The Morgan fingerprint density at radius 2 is 2.06 bits per heavy atom. The Bertz CT molecular complexity index is 288. The lowest BCUT2D eigenvalue weighted by Gasteiger charge is -2.17. The van der Waals surface area contributed by atoms with Crippen LogP contribution in [0.3, 0.4) is 0 Å². The molecule has 0 aromatic heterocycles. The van der Waals surface area contributed by atoms with Gasteiger partial charge in [0, 0.05) is 19.7 Å². The fraction of sp³-hybridized carbons (Fsp3) is 1.00. The van der Waals surface area contributed by atoms with E-state index in [1.165, 1.54) is 19.1 Å². The Hall–Kier alpha value is -0.170. The SMILES string of the molecule is COCC(NCCCNS(C)(=O)=O)C1CC1. The van der Waals surface area contributed by atoms with Crippen molar-refractivity contribution in [1.29, 1.82) is 0 Å². The third kappa shape index (κ3) is 6.42. The molecular weight excluding hydrogens is 228 g/mol. The van der Waals surface area contributed by atoms with Crippen molar-refractivity contribution in [3.05, 3.63) is 0 Å². The lowest BCUT2D eigenvalue weighted by molar-refractivity contribution is 0.157. The van der Waals surface area contributed by atoms with E-state index in [0.29, 0.717) is 12.6 Å². The molecule has 0 radical (unpaired) electrons. The third-order valence-corrected chi connectivity index (χ3v) is 3.39. The van der Waals surface area contributed by atoms with E-state index in [4.69, 9.17) is 4.74 Å². The van der Waals surface area contributed by atoms with Crippen LogP contribution in [0.25, 0.3) is 0 Å². The summed E-state index contributed by atoms with van der Waals surface area (Å²) in [6.07, 6.45) is 4.55. The maximum atomic E-state index is 10.8. The zero-order valence-electron chi connectivity index (χ0n) is 10.0. The number of hydrogen-bond donors (Lipinski definition) is 2. The highest BCUT2D eigenvalue weighted by atomic mass is 32.2. The van der Waals surface area contributed by atoms with Gasteiger partial charge in [-0.15, -0.1) is 0 Å². The predicted molar refractivity (Wildman–Crippen MR) is 63.9 cm³/mol. The van der Waals surface area contributed by atoms with Crippen molar-refractivity contribution in [1.82, 2.24) is 10.0 Å². The first-order chi connectivity index (χ1) is 7.53. The first-order valence-electron chi connectivity index (χ1n) is 5.70. The van der Waals surface area contributed by atoms with Gasteiger partial charge in [-0.3, -0.25) is 0 Å². The van der Waals surface area contributed by atoms with E-state index in [2.05, 4.69) is 10.0 Å². The van der Waals surface area contributed by atoms with Crippen LogP contribution >= 0.6 is 0 Å². The summed E-state index contributed by atoms with van der Waals surface area (Å²) in [5.74, 6) is 0.753. The van der Waals surface area contributed by atoms with E-state index >= 15 is 0 Å². The zero-order chi connectivity index (χ0) is 12.0. The van der Waals surface area contributed by atoms with Crippen molar-refractivity contribution in [3.8, 4) is 0 Å². The minimum atomic E-state index is -3.04. The summed E-state index contributed by atoms with van der Waals surface area (Å²) >= 11 is 0. The van der Waals surface area contributed by atoms with Crippen LogP contribution in [0.1, 0.15) is 19.3 Å². The highest BCUT2D eigenvalue weighted by Crippen LogP contribution is 2.32. The van der Waals surface area contributed by atoms with Crippen molar-refractivity contribution in [2.75, 3.05) is 33.1 Å². The summed E-state index contributed by atoms with van der Waals surface area (Å²) < 4.78 is 29.2. The molecule has 1 saturated carbocycles. The highest BCUT2D eigenvalue weighted by molar-refractivity contribution is 7.88. The Morgan fingerprint density at radius 1 is 1.38 bits per heavy atom. The summed E-state index contributed by atoms with van der Waals surface area (Å²) in [4.78, 5) is 0. The van der Waals surface area contributed by atoms with E-state index in [1.807, 2.05) is 0 Å². The van der Waals surface area contributed by atoms with Crippen molar-refractivity contribution >= 4 is 10.0 Å². The molecule has 1 aliphatic rings. The number of rotatable bonds is 9. The normalized spacial score (nSPS) is 18.6. The molecule has 0 aromatic carbocycles. The van der Waals surface area contributed by atoms with Crippen LogP contribution in [-0.4, -0.2) is 47.5 Å². The van der Waals surface area contributed by atoms with Crippen LogP contribution < -0.4 is 10.0 Å². The molecule has 16 heavy (non-hydrogen) atoms. The molecule has 0 heterocycles. The summed E-state index contributed by atoms with van der Waals surface area (Å²) in [5, 5.41) is 3.41. The van der Waals surface area contributed by atoms with Crippen LogP contribution in [0.2, 0.25) is 0 Å². The number of sulfonamides is 1. The second-order valence-corrected chi connectivity index (χ2v) is 6.21. The second kappa shape index (κ2) is 6.54. The van der Waals surface area contributed by atoms with E-state index < -0.39 is 10.0 Å². The fourth-order valence-electron chi connectivity index (χ4n) is 1.67. The molecule has 0 spiro atoms. The highest BCUT2D eigenvalue weighted by Gasteiger charge is 2.30. The Morgan fingerprint density at radius 3 is 2.56 bits per heavy atom. The van der Waals surface area contributed by atoms with Crippen LogP contribution in [0.4, 0.5) is 0 Å². The molecule has 0 saturated heterocycles. The first-order valence-corrected chi connectivity index (χ1v) is 7.59. The summed E-state index contributed by atoms with van der Waals surface area (Å²) in [7, 11) is -1.33. The lowest BCUT2D eigenvalue weighted by Crippen LogP contribution is -2.37. The summed E-state index contributed by atoms with van der Waals surface area (Å²) in [6, 6.07) is 0.434. The lowest BCUT2D eigenvalue weighted by atomic mass is 10.2. The minimum absolute atomic E-state index is 0.434. The third-order valence-electron chi connectivity index (χ3n) is 2.66. The molecule has 0 amide bonds. The van der Waals surface area contributed by atoms with Gasteiger partial charge in [0.25, 0.3) is 0 Å². The van der Waals surface area contributed by atoms with Crippen molar-refractivity contribution in [3.63, 3.8) is 0 Å². The topological polar surface area (TPSA) is 67.4 Å². The van der Waals surface area contributed by atoms with Gasteiger partial charge in [-0.2, -0.15) is 0 Å². The van der Waals surface area contributed by atoms with Crippen LogP contribution in [0.15, 0.2) is 0 Å². The van der Waals surface area contributed by atoms with Crippen molar-refractivity contribution < 1.29 is 13.2 Å².